The fraction of sp³-hybridized carbons (Fsp3) is 0.321. The molecule has 0 unspecified atom stereocenters. The molecule has 0 saturated carbocycles. The summed E-state index contributed by atoms with van der Waals surface area (Å²) in [6, 6.07) is 11.6. The van der Waals surface area contributed by atoms with Crippen molar-refractivity contribution >= 4 is 32.4 Å². The standard InChI is InChI=1S/C28H30F2N6O3S/c1-18-7-8-20-21(9-10-23(30)25(20)36-40(37,38)16-4-12-29)26(18)39-27-22(6-3-14-32-27)24-11-15-33-28(35-24)34-19-5-2-13-31-17-19/h3,6-11,14-15,19,31,36H,2,4-5,12-13,16-17H2,1H3,(H,33,34,35)/t19-/m0/s1. The highest BCUT2D eigenvalue weighted by Crippen LogP contribution is 2.39. The Labute approximate surface area is 231 Å². The minimum absolute atomic E-state index is 0.185. The number of ether oxygens (including phenoxy) is 1. The Balaban J connectivity index is 1.49. The summed E-state index contributed by atoms with van der Waals surface area (Å²) in [4.78, 5) is 13.5. The van der Waals surface area contributed by atoms with Crippen molar-refractivity contribution in [3.63, 3.8) is 0 Å². The number of nitrogens with one attached hydrogen (secondary N) is 3. The number of rotatable bonds is 10. The van der Waals surface area contributed by atoms with Gasteiger partial charge in [-0.1, -0.05) is 12.1 Å². The molecule has 0 spiro atoms. The first-order chi connectivity index (χ1) is 19.3. The summed E-state index contributed by atoms with van der Waals surface area (Å²) in [6.45, 7) is 2.88. The second-order valence-corrected chi connectivity index (χ2v) is 11.4. The van der Waals surface area contributed by atoms with Crippen LogP contribution in [0.15, 0.2) is 54.9 Å². The zero-order chi connectivity index (χ0) is 28.1. The lowest BCUT2D eigenvalue weighted by atomic mass is 10.0. The smallest absolute Gasteiger partial charge is 0.232 e. The molecule has 2 aromatic heterocycles. The fourth-order valence-corrected chi connectivity index (χ4v) is 5.76. The van der Waals surface area contributed by atoms with E-state index in [9.17, 15) is 17.2 Å². The molecule has 1 saturated heterocycles. The topological polar surface area (TPSA) is 118 Å². The predicted molar refractivity (Wildman–Crippen MR) is 151 cm³/mol. The van der Waals surface area contributed by atoms with Gasteiger partial charge in [0.25, 0.3) is 0 Å². The van der Waals surface area contributed by atoms with Gasteiger partial charge in [0.1, 0.15) is 11.6 Å². The normalized spacial score (nSPS) is 15.6. The number of alkyl halides is 1. The van der Waals surface area contributed by atoms with E-state index in [1.807, 2.05) is 13.0 Å². The third kappa shape index (κ3) is 6.28. The SMILES string of the molecule is Cc1ccc2c(NS(=O)(=O)CCCF)c(F)ccc2c1Oc1ncccc1-c1ccnc(N[C@H]2CCCNC2)n1. The minimum atomic E-state index is -3.96. The van der Waals surface area contributed by atoms with Crippen LogP contribution in [0, 0.1) is 12.7 Å². The first-order valence-electron chi connectivity index (χ1n) is 13.1. The Hall–Kier alpha value is -3.90. The second kappa shape index (κ2) is 12.1. The number of nitrogens with zero attached hydrogens (tertiary/aromatic N) is 3. The second-order valence-electron chi connectivity index (χ2n) is 9.60. The number of halogens is 2. The molecule has 3 heterocycles. The zero-order valence-electron chi connectivity index (χ0n) is 22.0. The van der Waals surface area contributed by atoms with Crippen molar-refractivity contribution in [3.8, 4) is 22.9 Å². The van der Waals surface area contributed by atoms with Gasteiger partial charge in [-0.25, -0.2) is 27.8 Å². The molecule has 210 valence electrons. The molecule has 1 aliphatic heterocycles. The molecule has 0 aliphatic carbocycles. The molecule has 12 heteroatoms. The van der Waals surface area contributed by atoms with Crippen LogP contribution < -0.4 is 20.1 Å². The minimum Gasteiger partial charge on any atom is -0.437 e. The van der Waals surface area contributed by atoms with Gasteiger partial charge in [0.05, 0.1) is 29.4 Å². The van der Waals surface area contributed by atoms with E-state index >= 15 is 0 Å². The van der Waals surface area contributed by atoms with Crippen LogP contribution in [0.4, 0.5) is 20.4 Å². The van der Waals surface area contributed by atoms with Crippen molar-refractivity contribution in [1.82, 2.24) is 20.3 Å². The highest BCUT2D eigenvalue weighted by molar-refractivity contribution is 7.92. The third-order valence-corrected chi connectivity index (χ3v) is 7.97. The molecule has 5 rings (SSSR count). The Morgan fingerprint density at radius 3 is 2.75 bits per heavy atom. The van der Waals surface area contributed by atoms with E-state index in [4.69, 9.17) is 9.72 Å². The summed E-state index contributed by atoms with van der Waals surface area (Å²) >= 11 is 0. The molecule has 4 aromatic rings. The molecule has 1 fully saturated rings. The number of piperidine rings is 1. The van der Waals surface area contributed by atoms with Crippen LogP contribution in [0.2, 0.25) is 0 Å². The highest BCUT2D eigenvalue weighted by Gasteiger charge is 2.20. The molecule has 40 heavy (non-hydrogen) atoms. The molecule has 1 atom stereocenters. The van der Waals surface area contributed by atoms with Crippen LogP contribution in [-0.2, 0) is 10.0 Å². The zero-order valence-corrected chi connectivity index (χ0v) is 22.8. The van der Waals surface area contributed by atoms with E-state index < -0.39 is 28.3 Å². The molecule has 0 amide bonds. The Morgan fingerprint density at radius 1 is 1.10 bits per heavy atom. The van der Waals surface area contributed by atoms with Gasteiger partial charge >= 0.3 is 0 Å². The predicted octanol–water partition coefficient (Wildman–Crippen LogP) is 5.20. The van der Waals surface area contributed by atoms with Crippen LogP contribution in [0.1, 0.15) is 24.8 Å². The lowest BCUT2D eigenvalue weighted by molar-refractivity contribution is 0.466. The number of hydrogen-bond donors (Lipinski definition) is 3. The van der Waals surface area contributed by atoms with Crippen molar-refractivity contribution < 1.29 is 21.9 Å². The maximum atomic E-state index is 14.8. The van der Waals surface area contributed by atoms with E-state index in [0.717, 1.165) is 31.5 Å². The monoisotopic (exact) mass is 568 g/mol. The van der Waals surface area contributed by atoms with Gasteiger partial charge in [0.2, 0.25) is 21.9 Å². The molecule has 2 aromatic carbocycles. The van der Waals surface area contributed by atoms with Crippen LogP contribution in [0.25, 0.3) is 22.0 Å². The number of fused-ring (bicyclic) bond motifs is 1. The number of aryl methyl sites for hydroxylation is 1. The van der Waals surface area contributed by atoms with Crippen LogP contribution in [-0.4, -0.2) is 54.9 Å². The molecule has 1 aliphatic rings. The van der Waals surface area contributed by atoms with Gasteiger partial charge in [0.15, 0.2) is 0 Å². The highest BCUT2D eigenvalue weighted by atomic mass is 32.2. The summed E-state index contributed by atoms with van der Waals surface area (Å²) in [5, 5.41) is 7.52. The fourth-order valence-electron chi connectivity index (χ4n) is 4.65. The number of anilines is 2. The lowest BCUT2D eigenvalue weighted by Gasteiger charge is -2.23. The van der Waals surface area contributed by atoms with Crippen LogP contribution >= 0.6 is 0 Å². The number of sulfonamides is 1. The summed E-state index contributed by atoms with van der Waals surface area (Å²) in [7, 11) is -3.96. The van der Waals surface area contributed by atoms with Crippen molar-refractivity contribution in [2.24, 2.45) is 0 Å². The number of aromatic nitrogens is 3. The van der Waals surface area contributed by atoms with Gasteiger partial charge in [-0.3, -0.25) is 9.11 Å². The Morgan fingerprint density at radius 2 is 1.95 bits per heavy atom. The first kappa shape index (κ1) is 27.7. The van der Waals surface area contributed by atoms with E-state index in [0.29, 0.717) is 33.7 Å². The molecular formula is C28H30F2N6O3S. The summed E-state index contributed by atoms with van der Waals surface area (Å²) < 4.78 is 60.9. The average molecular weight is 569 g/mol. The van der Waals surface area contributed by atoms with Gasteiger partial charge in [0, 0.05) is 35.8 Å². The van der Waals surface area contributed by atoms with Gasteiger partial charge in [-0.2, -0.15) is 0 Å². The molecule has 0 bridgehead atoms. The van der Waals surface area contributed by atoms with E-state index in [2.05, 4.69) is 25.3 Å². The molecular weight excluding hydrogens is 538 g/mol. The van der Waals surface area contributed by atoms with Crippen LogP contribution in [0.5, 0.6) is 11.6 Å². The summed E-state index contributed by atoms with van der Waals surface area (Å²) in [5.74, 6) is -0.0426. The largest absolute Gasteiger partial charge is 0.437 e. The summed E-state index contributed by atoms with van der Waals surface area (Å²) in [6.07, 6.45) is 5.18. The number of pyridine rings is 1. The van der Waals surface area contributed by atoms with Gasteiger partial charge < -0.3 is 15.4 Å². The maximum Gasteiger partial charge on any atom is 0.232 e. The summed E-state index contributed by atoms with van der Waals surface area (Å²) in [5.41, 5.74) is 1.75. The van der Waals surface area contributed by atoms with Crippen molar-refractivity contribution in [3.05, 3.63) is 66.2 Å². The first-order valence-corrected chi connectivity index (χ1v) is 14.7. The van der Waals surface area contributed by atoms with E-state index in [-0.39, 0.29) is 24.0 Å². The Kier molecular flexibility index (Phi) is 8.36. The molecule has 3 N–H and O–H groups in total. The average Bonchev–Trinajstić information content (AvgIpc) is 2.96. The van der Waals surface area contributed by atoms with Crippen molar-refractivity contribution in [2.75, 3.05) is 35.6 Å². The third-order valence-electron chi connectivity index (χ3n) is 6.63. The van der Waals surface area contributed by atoms with Crippen molar-refractivity contribution in [2.45, 2.75) is 32.2 Å². The molecule has 9 nitrogen and oxygen atoms in total. The van der Waals surface area contributed by atoms with Gasteiger partial charge in [-0.15, -0.1) is 0 Å². The number of benzene rings is 2. The van der Waals surface area contributed by atoms with Crippen molar-refractivity contribution in [1.29, 1.82) is 0 Å². The Bertz CT molecular complexity index is 1610. The number of hydrogen-bond acceptors (Lipinski definition) is 8. The van der Waals surface area contributed by atoms with Crippen LogP contribution in [0.3, 0.4) is 0 Å². The molecule has 0 radical (unpaired) electrons. The van der Waals surface area contributed by atoms with E-state index in [1.165, 1.54) is 12.1 Å². The van der Waals surface area contributed by atoms with E-state index in [1.54, 1.807) is 36.7 Å². The van der Waals surface area contributed by atoms with Gasteiger partial charge in [-0.05, 0) is 68.6 Å². The maximum absolute atomic E-state index is 14.8. The quantitative estimate of drug-likeness (QED) is 0.239. The lowest BCUT2D eigenvalue weighted by Crippen LogP contribution is -2.38.